The summed E-state index contributed by atoms with van der Waals surface area (Å²) in [5.74, 6) is 0.785. The first-order valence-corrected chi connectivity index (χ1v) is 8.09. The first-order chi connectivity index (χ1) is 12.6. The van der Waals surface area contributed by atoms with Crippen molar-refractivity contribution in [2.45, 2.75) is 6.61 Å². The molecule has 1 aromatic heterocycles. The van der Waals surface area contributed by atoms with Crippen LogP contribution < -0.4 is 4.74 Å². The van der Waals surface area contributed by atoms with Crippen LogP contribution in [0.3, 0.4) is 0 Å². The van der Waals surface area contributed by atoms with Crippen LogP contribution in [0.25, 0.3) is 17.5 Å². The zero-order valence-corrected chi connectivity index (χ0v) is 14.6. The maximum atomic E-state index is 11.8. The summed E-state index contributed by atoms with van der Waals surface area (Å²) < 4.78 is 15.6. The van der Waals surface area contributed by atoms with Crippen LogP contribution in [0.2, 0.25) is 5.02 Å². The quantitative estimate of drug-likeness (QED) is 0.479. The lowest BCUT2D eigenvalue weighted by atomic mass is 10.2. The van der Waals surface area contributed by atoms with Crippen molar-refractivity contribution in [2.75, 3.05) is 7.11 Å². The molecule has 0 amide bonds. The van der Waals surface area contributed by atoms with Gasteiger partial charge in [0.2, 0.25) is 5.89 Å². The smallest absolute Gasteiger partial charge is 0.331 e. The van der Waals surface area contributed by atoms with Crippen LogP contribution in [-0.4, -0.2) is 23.3 Å². The van der Waals surface area contributed by atoms with E-state index in [4.69, 9.17) is 25.5 Å². The zero-order chi connectivity index (χ0) is 18.4. The minimum absolute atomic E-state index is 0.105. The number of ether oxygens (including phenoxy) is 2. The highest BCUT2D eigenvalue weighted by molar-refractivity contribution is 6.30. The number of benzene rings is 2. The largest absolute Gasteiger partial charge is 0.497 e. The first kappa shape index (κ1) is 17.7. The number of aromatic nitrogens is 2. The molecule has 0 bridgehead atoms. The number of esters is 1. The molecule has 26 heavy (non-hydrogen) atoms. The minimum Gasteiger partial charge on any atom is -0.497 e. The molecule has 0 aliphatic heterocycles. The van der Waals surface area contributed by atoms with E-state index in [0.29, 0.717) is 10.9 Å². The summed E-state index contributed by atoms with van der Waals surface area (Å²) in [6, 6.07) is 14.3. The summed E-state index contributed by atoms with van der Waals surface area (Å²) in [6.07, 6.45) is 2.98. The highest BCUT2D eigenvalue weighted by Crippen LogP contribution is 2.20. The number of rotatable bonds is 6. The van der Waals surface area contributed by atoms with Crippen molar-refractivity contribution >= 4 is 23.6 Å². The van der Waals surface area contributed by atoms with E-state index in [-0.39, 0.29) is 12.5 Å². The molecule has 0 aliphatic carbocycles. The van der Waals surface area contributed by atoms with E-state index in [9.17, 15) is 4.79 Å². The molecule has 3 rings (SSSR count). The summed E-state index contributed by atoms with van der Waals surface area (Å²) in [4.78, 5) is 11.8. The Labute approximate surface area is 155 Å². The average molecular weight is 371 g/mol. The number of halogens is 1. The molecule has 0 saturated carbocycles. The number of carbonyl (C=O) groups is 1. The highest BCUT2D eigenvalue weighted by atomic mass is 35.5. The Hall–Kier alpha value is -3.12. The maximum absolute atomic E-state index is 11.8. The molecule has 3 aromatic rings. The fraction of sp³-hybridized carbons (Fsp3) is 0.105. The van der Waals surface area contributed by atoms with E-state index in [0.717, 1.165) is 16.9 Å². The van der Waals surface area contributed by atoms with Gasteiger partial charge in [0.1, 0.15) is 5.75 Å². The van der Waals surface area contributed by atoms with E-state index in [1.165, 1.54) is 6.08 Å². The number of carbonyl (C=O) groups excluding carboxylic acids is 1. The average Bonchev–Trinajstić information content (AvgIpc) is 3.14. The predicted octanol–water partition coefficient (Wildman–Crippen LogP) is 4.16. The van der Waals surface area contributed by atoms with E-state index in [2.05, 4.69) is 10.2 Å². The molecular weight excluding hydrogens is 356 g/mol. The Morgan fingerprint density at radius 2 is 1.85 bits per heavy atom. The molecule has 0 radical (unpaired) electrons. The molecule has 0 aliphatic rings. The Morgan fingerprint density at radius 1 is 1.12 bits per heavy atom. The Balaban J connectivity index is 1.54. The van der Waals surface area contributed by atoms with Gasteiger partial charge in [-0.15, -0.1) is 10.2 Å². The monoisotopic (exact) mass is 370 g/mol. The third-order valence-corrected chi connectivity index (χ3v) is 3.68. The molecular formula is C19H15ClN2O4. The lowest BCUT2D eigenvalue weighted by molar-refractivity contribution is -0.139. The van der Waals surface area contributed by atoms with Crippen LogP contribution in [0, 0.1) is 0 Å². The SMILES string of the molecule is COc1ccc(/C=C/C(=O)OCc2nnc(-c3ccc(Cl)cc3)o2)cc1. The fourth-order valence-corrected chi connectivity index (χ4v) is 2.21. The highest BCUT2D eigenvalue weighted by Gasteiger charge is 2.10. The van der Waals surface area contributed by atoms with Gasteiger partial charge in [0, 0.05) is 16.7 Å². The summed E-state index contributed by atoms with van der Waals surface area (Å²) in [7, 11) is 1.60. The third kappa shape index (κ3) is 4.70. The molecule has 132 valence electrons. The molecule has 2 aromatic carbocycles. The lowest BCUT2D eigenvalue weighted by Gasteiger charge is -1.99. The summed E-state index contributed by atoms with van der Waals surface area (Å²) in [5, 5.41) is 8.40. The summed E-state index contributed by atoms with van der Waals surface area (Å²) in [6.45, 7) is -0.105. The third-order valence-electron chi connectivity index (χ3n) is 3.42. The van der Waals surface area contributed by atoms with Crippen molar-refractivity contribution in [2.24, 2.45) is 0 Å². The second-order valence-electron chi connectivity index (χ2n) is 5.22. The Morgan fingerprint density at radius 3 is 2.54 bits per heavy atom. The normalized spacial score (nSPS) is 10.8. The first-order valence-electron chi connectivity index (χ1n) is 7.71. The van der Waals surface area contributed by atoms with Crippen LogP contribution in [0.1, 0.15) is 11.5 Å². The summed E-state index contributed by atoms with van der Waals surface area (Å²) in [5.41, 5.74) is 1.59. The van der Waals surface area contributed by atoms with Crippen LogP contribution in [-0.2, 0) is 16.1 Å². The minimum atomic E-state index is -0.507. The molecule has 0 N–H and O–H groups in total. The number of hydrogen-bond acceptors (Lipinski definition) is 6. The number of hydrogen-bond donors (Lipinski definition) is 0. The van der Waals surface area contributed by atoms with Crippen LogP contribution in [0.15, 0.2) is 59.0 Å². The molecule has 0 unspecified atom stereocenters. The number of nitrogens with zero attached hydrogens (tertiary/aromatic N) is 2. The van der Waals surface area contributed by atoms with Gasteiger partial charge in [-0.2, -0.15) is 0 Å². The Bertz CT molecular complexity index is 902. The summed E-state index contributed by atoms with van der Waals surface area (Å²) >= 11 is 5.84. The second-order valence-corrected chi connectivity index (χ2v) is 5.66. The Kier molecular flexibility index (Phi) is 5.66. The van der Waals surface area contributed by atoms with Gasteiger partial charge in [-0.3, -0.25) is 0 Å². The van der Waals surface area contributed by atoms with Crippen molar-refractivity contribution in [1.29, 1.82) is 0 Å². The van der Waals surface area contributed by atoms with Gasteiger partial charge in [0.15, 0.2) is 6.61 Å². The lowest BCUT2D eigenvalue weighted by Crippen LogP contribution is -2.00. The molecule has 1 heterocycles. The van der Waals surface area contributed by atoms with Gasteiger partial charge >= 0.3 is 5.97 Å². The predicted molar refractivity (Wildman–Crippen MR) is 96.6 cm³/mol. The fourth-order valence-electron chi connectivity index (χ4n) is 2.08. The van der Waals surface area contributed by atoms with E-state index >= 15 is 0 Å². The molecule has 0 fully saturated rings. The second kappa shape index (κ2) is 8.31. The molecule has 0 atom stereocenters. The van der Waals surface area contributed by atoms with Gasteiger partial charge < -0.3 is 13.9 Å². The molecule has 0 spiro atoms. The topological polar surface area (TPSA) is 74.5 Å². The van der Waals surface area contributed by atoms with Crippen LogP contribution in [0.4, 0.5) is 0 Å². The van der Waals surface area contributed by atoms with Crippen LogP contribution >= 0.6 is 11.6 Å². The number of methoxy groups -OCH3 is 1. The standard InChI is InChI=1S/C19H15ClN2O4/c1-24-16-9-2-13(3-10-16)4-11-18(23)25-12-17-21-22-19(26-17)14-5-7-15(20)8-6-14/h2-11H,12H2,1H3/b11-4+. The van der Waals surface area contributed by atoms with Crippen molar-refractivity contribution < 1.29 is 18.7 Å². The molecule has 7 heteroatoms. The van der Waals surface area contributed by atoms with Gasteiger partial charge in [-0.05, 0) is 48.0 Å². The van der Waals surface area contributed by atoms with Gasteiger partial charge in [-0.25, -0.2) is 4.79 Å². The maximum Gasteiger partial charge on any atom is 0.331 e. The van der Waals surface area contributed by atoms with Gasteiger partial charge in [0.25, 0.3) is 5.89 Å². The van der Waals surface area contributed by atoms with Crippen molar-refractivity contribution in [1.82, 2.24) is 10.2 Å². The molecule has 6 nitrogen and oxygen atoms in total. The van der Waals surface area contributed by atoms with E-state index in [1.807, 2.05) is 24.3 Å². The van der Waals surface area contributed by atoms with Gasteiger partial charge in [-0.1, -0.05) is 23.7 Å². The van der Waals surface area contributed by atoms with Crippen molar-refractivity contribution in [3.63, 3.8) is 0 Å². The van der Waals surface area contributed by atoms with Crippen molar-refractivity contribution in [3.8, 4) is 17.2 Å². The van der Waals surface area contributed by atoms with Crippen molar-refractivity contribution in [3.05, 3.63) is 71.1 Å². The van der Waals surface area contributed by atoms with E-state index in [1.54, 1.807) is 37.5 Å². The molecule has 0 saturated heterocycles. The van der Waals surface area contributed by atoms with E-state index < -0.39 is 5.97 Å². The van der Waals surface area contributed by atoms with Crippen LogP contribution in [0.5, 0.6) is 5.75 Å². The van der Waals surface area contributed by atoms with Gasteiger partial charge in [0.05, 0.1) is 7.11 Å². The zero-order valence-electron chi connectivity index (χ0n) is 13.9.